The van der Waals surface area contributed by atoms with Crippen molar-refractivity contribution in [2.75, 3.05) is 6.54 Å². The summed E-state index contributed by atoms with van der Waals surface area (Å²) in [6.45, 7) is 7.93. The molecular formula is C23H32N2O4S6. The smallest absolute Gasteiger partial charge is 0.264 e. The molecule has 0 spiro atoms. The van der Waals surface area contributed by atoms with Crippen molar-refractivity contribution < 1.29 is 18.4 Å². The molecule has 1 amide bonds. The monoisotopic (exact) mass is 592 g/mol. The van der Waals surface area contributed by atoms with Crippen LogP contribution in [0.2, 0.25) is 0 Å². The Hall–Kier alpha value is -0.470. The van der Waals surface area contributed by atoms with Crippen molar-refractivity contribution >= 4 is 68.7 Å². The number of hydrogen-bond donors (Lipinski definition) is 3. The molecule has 1 heterocycles. The van der Waals surface area contributed by atoms with Gasteiger partial charge in [0.15, 0.2) is 0 Å². The van der Waals surface area contributed by atoms with Crippen molar-refractivity contribution in [2.45, 2.75) is 57.5 Å². The highest BCUT2D eigenvalue weighted by atomic mass is 33.8. The maximum absolute atomic E-state index is 13.4. The molecule has 1 aliphatic rings. The lowest BCUT2D eigenvalue weighted by atomic mass is 10.0. The Kier molecular flexibility index (Phi) is 12.7. The summed E-state index contributed by atoms with van der Waals surface area (Å²) < 4.78 is 28.1. The van der Waals surface area contributed by atoms with Crippen LogP contribution in [0.4, 0.5) is 0 Å². The molecule has 0 radical (unpaired) electrons. The predicted octanol–water partition coefficient (Wildman–Crippen LogP) is 6.78. The van der Waals surface area contributed by atoms with Crippen molar-refractivity contribution in [3.05, 3.63) is 54.1 Å². The molecule has 194 valence electrons. The van der Waals surface area contributed by atoms with Crippen LogP contribution in [0.5, 0.6) is 0 Å². The van der Waals surface area contributed by atoms with Crippen LogP contribution in [0, 0.1) is 12.8 Å². The highest BCUT2D eigenvalue weighted by Crippen LogP contribution is 2.38. The highest BCUT2D eigenvalue weighted by Gasteiger charge is 2.47. The third-order valence-electron chi connectivity index (χ3n) is 5.76. The zero-order valence-electron chi connectivity index (χ0n) is 20.1. The third kappa shape index (κ3) is 8.00. The highest BCUT2D eigenvalue weighted by molar-refractivity contribution is 9.33. The van der Waals surface area contributed by atoms with Crippen molar-refractivity contribution in [3.63, 3.8) is 0 Å². The number of hydrogen-bond acceptors (Lipinski definition) is 9. The van der Waals surface area contributed by atoms with E-state index in [4.69, 9.17) is 0 Å². The molecule has 0 unspecified atom stereocenters. The van der Waals surface area contributed by atoms with E-state index in [1.807, 2.05) is 52.0 Å². The first-order chi connectivity index (χ1) is 16.6. The summed E-state index contributed by atoms with van der Waals surface area (Å²) in [7, 11) is 0.440. The Labute approximate surface area is 230 Å². The molecule has 1 saturated heterocycles. The molecule has 12 heteroatoms. The topological polar surface area (TPSA) is 77.9 Å². The van der Waals surface area contributed by atoms with E-state index in [-0.39, 0.29) is 29.8 Å². The first-order valence-corrected chi connectivity index (χ1v) is 18.1. The summed E-state index contributed by atoms with van der Waals surface area (Å²) >= 11 is 7.62. The lowest BCUT2D eigenvalue weighted by Gasteiger charge is -2.26. The predicted molar refractivity (Wildman–Crippen MR) is 157 cm³/mol. The van der Waals surface area contributed by atoms with E-state index >= 15 is 0 Å². The van der Waals surface area contributed by atoms with Crippen molar-refractivity contribution in [3.8, 4) is 11.1 Å². The Morgan fingerprint density at radius 1 is 1.06 bits per heavy atom. The van der Waals surface area contributed by atoms with Crippen molar-refractivity contribution in [1.29, 1.82) is 0 Å². The third-order valence-corrected chi connectivity index (χ3v) is 12.5. The number of thiol groups is 2. The molecule has 35 heavy (non-hydrogen) atoms. The number of hydroxylamine groups is 2. The van der Waals surface area contributed by atoms with Crippen molar-refractivity contribution in [2.24, 2.45) is 5.92 Å². The van der Waals surface area contributed by atoms with E-state index in [1.54, 1.807) is 24.3 Å². The van der Waals surface area contributed by atoms with Gasteiger partial charge in [-0.3, -0.25) is 10.0 Å². The van der Waals surface area contributed by atoms with E-state index in [0.29, 0.717) is 11.5 Å². The van der Waals surface area contributed by atoms with Gasteiger partial charge in [0.05, 0.1) is 10.9 Å². The molecule has 1 N–H and O–H groups in total. The Morgan fingerprint density at radius 3 is 1.97 bits per heavy atom. The van der Waals surface area contributed by atoms with Gasteiger partial charge >= 0.3 is 0 Å². The minimum atomic E-state index is -3.88. The standard InChI is InChI=1S/C23H30N2O4S.H2S5/c1-5-14-24(22-15-21(16(2)3)25(27)23(22)26)30(28,29)20-12-10-19(11-13-20)18-8-6-17(4)7-9-18;1-3-5-4-2/h6-13,16,21-22,27H,5,14-15H2,1-4H3;1-2H/t21-,22-;/m1./s1. The Balaban J connectivity index is 0.000000784. The number of aryl methyl sites for hydroxylation is 1. The summed E-state index contributed by atoms with van der Waals surface area (Å²) in [4.78, 5) is 12.8. The zero-order valence-corrected chi connectivity index (χ0v) is 25.1. The van der Waals surface area contributed by atoms with E-state index in [9.17, 15) is 18.4 Å². The maximum atomic E-state index is 13.4. The minimum absolute atomic E-state index is 0.0314. The molecule has 1 aliphatic heterocycles. The van der Waals surface area contributed by atoms with Crippen LogP contribution in [0.25, 0.3) is 11.1 Å². The molecule has 0 aromatic heterocycles. The quantitative estimate of drug-likeness (QED) is 0.168. The maximum Gasteiger partial charge on any atom is 0.264 e. The van der Waals surface area contributed by atoms with E-state index in [2.05, 4.69) is 23.3 Å². The molecule has 3 rings (SSSR count). The number of rotatable bonds is 9. The average Bonchev–Trinajstić information content (AvgIpc) is 3.13. The summed E-state index contributed by atoms with van der Waals surface area (Å²) in [6, 6.07) is 13.5. The fraction of sp³-hybridized carbons (Fsp3) is 0.435. The molecule has 0 bridgehead atoms. The van der Waals surface area contributed by atoms with Gasteiger partial charge in [-0.2, -0.15) is 4.31 Å². The van der Waals surface area contributed by atoms with Crippen LogP contribution in [0.3, 0.4) is 0 Å². The molecule has 6 nitrogen and oxygen atoms in total. The fourth-order valence-corrected chi connectivity index (χ4v) is 8.90. The summed E-state index contributed by atoms with van der Waals surface area (Å²) in [5, 5.41) is 10.9. The SMILES string of the molecule is CCCN([C@@H]1C[C@H](C(C)C)N(O)C1=O)S(=O)(=O)c1ccc(-c2ccc(C)cc2)cc1.SSSSS. The second-order valence-electron chi connectivity index (χ2n) is 8.47. The molecule has 1 fully saturated rings. The van der Waals surface area contributed by atoms with Gasteiger partial charge in [0, 0.05) is 6.54 Å². The second kappa shape index (κ2) is 14.5. The Bertz CT molecular complexity index is 1050. The van der Waals surface area contributed by atoms with Crippen LogP contribution < -0.4 is 0 Å². The van der Waals surface area contributed by atoms with E-state index in [1.165, 1.54) is 33.8 Å². The molecule has 2 atom stereocenters. The molecular weight excluding hydrogens is 561 g/mol. The zero-order chi connectivity index (χ0) is 26.2. The first kappa shape index (κ1) is 30.8. The molecule has 0 aliphatic carbocycles. The number of nitrogens with zero attached hydrogens (tertiary/aromatic N) is 2. The van der Waals surface area contributed by atoms with Gasteiger partial charge < -0.3 is 0 Å². The number of carbonyl (C=O) groups excluding carboxylic acids is 1. The first-order valence-electron chi connectivity index (χ1n) is 11.1. The van der Waals surface area contributed by atoms with Gasteiger partial charge in [-0.1, -0.05) is 86.1 Å². The molecule has 0 saturated carbocycles. The Morgan fingerprint density at radius 2 is 1.57 bits per heavy atom. The number of carbonyl (C=O) groups is 1. The lowest BCUT2D eigenvalue weighted by molar-refractivity contribution is -0.170. The number of amides is 1. The summed E-state index contributed by atoms with van der Waals surface area (Å²) in [5.41, 5.74) is 3.10. The van der Waals surface area contributed by atoms with Crippen LogP contribution in [-0.2, 0) is 14.8 Å². The van der Waals surface area contributed by atoms with Gasteiger partial charge in [-0.15, -0.1) is 0 Å². The van der Waals surface area contributed by atoms with Gasteiger partial charge in [0.25, 0.3) is 5.91 Å². The van der Waals surface area contributed by atoms with Gasteiger partial charge in [0.2, 0.25) is 10.0 Å². The van der Waals surface area contributed by atoms with E-state index < -0.39 is 22.0 Å². The largest absolute Gasteiger partial charge is 0.286 e. The second-order valence-corrected chi connectivity index (χ2v) is 16.0. The minimum Gasteiger partial charge on any atom is -0.286 e. The number of benzene rings is 2. The fourth-order valence-electron chi connectivity index (χ4n) is 3.92. The van der Waals surface area contributed by atoms with E-state index in [0.717, 1.165) is 16.7 Å². The van der Waals surface area contributed by atoms with Crippen LogP contribution in [-0.4, -0.2) is 47.5 Å². The van der Waals surface area contributed by atoms with Crippen LogP contribution in [0.15, 0.2) is 53.4 Å². The van der Waals surface area contributed by atoms with Crippen LogP contribution >= 0.6 is 52.8 Å². The van der Waals surface area contributed by atoms with Crippen molar-refractivity contribution in [1.82, 2.24) is 9.37 Å². The number of sulfonamides is 1. The average molecular weight is 593 g/mol. The summed E-state index contributed by atoms with van der Waals surface area (Å²) in [5.74, 6) is -0.522. The molecule has 2 aromatic carbocycles. The molecule has 2 aromatic rings. The van der Waals surface area contributed by atoms with Gasteiger partial charge in [0.1, 0.15) is 6.04 Å². The van der Waals surface area contributed by atoms with Gasteiger partial charge in [-0.25, -0.2) is 13.5 Å². The normalized spacial score (nSPS) is 18.2. The lowest BCUT2D eigenvalue weighted by Crippen LogP contribution is -2.45. The van der Waals surface area contributed by atoms with Gasteiger partial charge in [-0.05, 0) is 78.4 Å². The van der Waals surface area contributed by atoms with Crippen LogP contribution in [0.1, 0.15) is 39.2 Å². The summed E-state index contributed by atoms with van der Waals surface area (Å²) in [6.07, 6.45) is 0.857.